The molecule has 0 atom stereocenters. The van der Waals surface area contributed by atoms with Crippen LogP contribution in [0.3, 0.4) is 0 Å². The van der Waals surface area contributed by atoms with Gasteiger partial charge in [0.15, 0.2) is 0 Å². The van der Waals surface area contributed by atoms with Gasteiger partial charge >= 0.3 is 5.97 Å². The lowest BCUT2D eigenvalue weighted by Gasteiger charge is -2.13. The number of methoxy groups -OCH3 is 1. The van der Waals surface area contributed by atoms with Crippen molar-refractivity contribution >= 4 is 16.0 Å². The van der Waals surface area contributed by atoms with Gasteiger partial charge in [0.05, 0.1) is 18.4 Å². The van der Waals surface area contributed by atoms with Crippen molar-refractivity contribution in [2.45, 2.75) is 31.4 Å². The van der Waals surface area contributed by atoms with Crippen LogP contribution in [0.2, 0.25) is 0 Å². The van der Waals surface area contributed by atoms with Crippen molar-refractivity contribution in [3.8, 4) is 0 Å². The number of hydrogen-bond donors (Lipinski definition) is 1. The molecule has 1 aliphatic rings. The van der Waals surface area contributed by atoms with E-state index in [-0.39, 0.29) is 5.75 Å². The zero-order valence-corrected chi connectivity index (χ0v) is 13.5. The third-order valence-electron chi connectivity index (χ3n) is 3.64. The molecule has 1 N–H and O–H groups in total. The summed E-state index contributed by atoms with van der Waals surface area (Å²) in [4.78, 5) is 11.3. The van der Waals surface area contributed by atoms with E-state index < -0.39 is 16.0 Å². The Labute approximate surface area is 131 Å². The fourth-order valence-electron chi connectivity index (χ4n) is 2.39. The minimum absolute atomic E-state index is 0.0955. The maximum atomic E-state index is 12.1. The third kappa shape index (κ3) is 4.96. The van der Waals surface area contributed by atoms with Gasteiger partial charge < -0.3 is 4.74 Å². The second-order valence-corrected chi connectivity index (χ2v) is 7.18. The van der Waals surface area contributed by atoms with E-state index in [0.717, 1.165) is 24.8 Å². The monoisotopic (exact) mass is 323 g/mol. The maximum Gasteiger partial charge on any atom is 0.337 e. The van der Waals surface area contributed by atoms with Crippen molar-refractivity contribution in [3.63, 3.8) is 0 Å². The Balaban J connectivity index is 1.93. The number of esters is 1. The second-order valence-electron chi connectivity index (χ2n) is 5.38. The topological polar surface area (TPSA) is 72.5 Å². The number of carbonyl (C=O) groups excluding carboxylic acids is 1. The average Bonchev–Trinajstić information content (AvgIpc) is 2.54. The van der Waals surface area contributed by atoms with E-state index in [1.54, 1.807) is 24.3 Å². The number of benzene rings is 1. The van der Waals surface area contributed by atoms with Gasteiger partial charge in [0.2, 0.25) is 10.0 Å². The number of sulfonamides is 1. The van der Waals surface area contributed by atoms with Gasteiger partial charge in [0, 0.05) is 6.54 Å². The number of carbonyl (C=O) groups is 1. The highest BCUT2D eigenvalue weighted by molar-refractivity contribution is 7.88. The van der Waals surface area contributed by atoms with Gasteiger partial charge in [0.1, 0.15) is 0 Å². The van der Waals surface area contributed by atoms with Gasteiger partial charge in [-0.2, -0.15) is 0 Å². The molecular formula is C16H21NO4S. The summed E-state index contributed by atoms with van der Waals surface area (Å²) in [5, 5.41) is 0. The summed E-state index contributed by atoms with van der Waals surface area (Å²) in [6.07, 6.45) is 6.44. The number of rotatable bonds is 6. The lowest BCUT2D eigenvalue weighted by atomic mass is 10.0. The molecule has 0 saturated heterocycles. The van der Waals surface area contributed by atoms with Crippen LogP contribution >= 0.6 is 0 Å². The maximum absolute atomic E-state index is 12.1. The standard InChI is InChI=1S/C16H21NO4S/c1-21-16(18)15-9-7-14(8-10-15)12-22(19,20)17-11-13-5-3-2-4-6-13/h5,7-10,17H,2-4,6,11-12H2,1H3. The highest BCUT2D eigenvalue weighted by atomic mass is 32.2. The molecule has 5 nitrogen and oxygen atoms in total. The van der Waals surface area contributed by atoms with Crippen LogP contribution < -0.4 is 4.72 Å². The summed E-state index contributed by atoms with van der Waals surface area (Å²) in [6.45, 7) is 0.391. The molecule has 0 heterocycles. The highest BCUT2D eigenvalue weighted by Gasteiger charge is 2.14. The van der Waals surface area contributed by atoms with E-state index in [0.29, 0.717) is 17.7 Å². The van der Waals surface area contributed by atoms with Gasteiger partial charge in [-0.05, 0) is 43.4 Å². The van der Waals surface area contributed by atoms with Crippen molar-refractivity contribution < 1.29 is 17.9 Å². The Morgan fingerprint density at radius 3 is 2.55 bits per heavy atom. The predicted molar refractivity (Wildman–Crippen MR) is 85.0 cm³/mol. The molecule has 0 radical (unpaired) electrons. The molecule has 0 fully saturated rings. The molecule has 0 unspecified atom stereocenters. The summed E-state index contributed by atoms with van der Waals surface area (Å²) in [6, 6.07) is 6.40. The molecule has 1 aliphatic carbocycles. The molecule has 0 spiro atoms. The van der Waals surface area contributed by atoms with Gasteiger partial charge in [-0.15, -0.1) is 0 Å². The van der Waals surface area contributed by atoms with Crippen LogP contribution in [0.5, 0.6) is 0 Å². The van der Waals surface area contributed by atoms with E-state index in [1.807, 2.05) is 0 Å². The Hall–Kier alpha value is -1.66. The largest absolute Gasteiger partial charge is 0.465 e. The number of allylic oxidation sites excluding steroid dienone is 1. The third-order valence-corrected chi connectivity index (χ3v) is 4.93. The van der Waals surface area contributed by atoms with Crippen molar-refractivity contribution in [2.75, 3.05) is 13.7 Å². The minimum Gasteiger partial charge on any atom is -0.465 e. The summed E-state index contributed by atoms with van der Waals surface area (Å²) >= 11 is 0. The fraction of sp³-hybridized carbons (Fsp3) is 0.438. The fourth-order valence-corrected chi connectivity index (χ4v) is 3.53. The Morgan fingerprint density at radius 2 is 1.95 bits per heavy atom. The molecule has 120 valence electrons. The molecule has 22 heavy (non-hydrogen) atoms. The van der Waals surface area contributed by atoms with Crippen LogP contribution in [0, 0.1) is 0 Å². The molecule has 1 aromatic rings. The molecule has 2 rings (SSSR count). The van der Waals surface area contributed by atoms with Crippen LogP contribution in [-0.4, -0.2) is 28.0 Å². The van der Waals surface area contributed by atoms with Gasteiger partial charge in [-0.1, -0.05) is 23.8 Å². The molecule has 0 amide bonds. The number of nitrogens with one attached hydrogen (secondary N) is 1. The first kappa shape index (κ1) is 16.7. The number of ether oxygens (including phenoxy) is 1. The van der Waals surface area contributed by atoms with Crippen molar-refractivity contribution in [3.05, 3.63) is 47.0 Å². The first-order valence-electron chi connectivity index (χ1n) is 7.33. The zero-order chi connectivity index (χ0) is 16.0. The summed E-state index contributed by atoms with van der Waals surface area (Å²) < 4.78 is 31.4. The predicted octanol–water partition coefficient (Wildman–Crippen LogP) is 2.39. The van der Waals surface area contributed by atoms with Crippen molar-refractivity contribution in [1.29, 1.82) is 0 Å². The van der Waals surface area contributed by atoms with Gasteiger partial charge in [-0.3, -0.25) is 0 Å². The first-order valence-corrected chi connectivity index (χ1v) is 8.98. The lowest BCUT2D eigenvalue weighted by Crippen LogP contribution is -2.27. The zero-order valence-electron chi connectivity index (χ0n) is 12.7. The van der Waals surface area contributed by atoms with Crippen molar-refractivity contribution in [2.24, 2.45) is 0 Å². The highest BCUT2D eigenvalue weighted by Crippen LogP contribution is 2.17. The average molecular weight is 323 g/mol. The summed E-state index contributed by atoms with van der Waals surface area (Å²) in [7, 11) is -2.07. The first-order chi connectivity index (χ1) is 10.5. The Bertz CT molecular complexity index is 647. The van der Waals surface area contributed by atoms with Crippen LogP contribution in [-0.2, 0) is 20.5 Å². The molecular weight excluding hydrogens is 302 g/mol. The normalized spacial score (nSPS) is 15.2. The minimum atomic E-state index is -3.38. The van der Waals surface area contributed by atoms with E-state index in [1.165, 1.54) is 13.5 Å². The smallest absolute Gasteiger partial charge is 0.337 e. The summed E-state index contributed by atoms with van der Waals surface area (Å²) in [5.74, 6) is -0.529. The van der Waals surface area contributed by atoms with Crippen molar-refractivity contribution in [1.82, 2.24) is 4.72 Å². The van der Waals surface area contributed by atoms with Gasteiger partial charge in [-0.25, -0.2) is 17.9 Å². The summed E-state index contributed by atoms with van der Waals surface area (Å²) in [5.41, 5.74) is 2.21. The second kappa shape index (κ2) is 7.56. The number of hydrogen-bond acceptors (Lipinski definition) is 4. The van der Waals surface area contributed by atoms with Crippen LogP contribution in [0.25, 0.3) is 0 Å². The van der Waals surface area contributed by atoms with Crippen LogP contribution in [0.4, 0.5) is 0 Å². The Morgan fingerprint density at radius 1 is 1.23 bits per heavy atom. The molecule has 0 bridgehead atoms. The molecule has 0 saturated carbocycles. The van der Waals surface area contributed by atoms with E-state index in [2.05, 4.69) is 15.5 Å². The molecule has 6 heteroatoms. The van der Waals surface area contributed by atoms with E-state index in [9.17, 15) is 13.2 Å². The van der Waals surface area contributed by atoms with E-state index in [4.69, 9.17) is 0 Å². The quantitative estimate of drug-likeness (QED) is 0.644. The lowest BCUT2D eigenvalue weighted by molar-refractivity contribution is 0.0600. The molecule has 1 aromatic carbocycles. The van der Waals surface area contributed by atoms with Crippen LogP contribution in [0.15, 0.2) is 35.9 Å². The SMILES string of the molecule is COC(=O)c1ccc(CS(=O)(=O)NCC2=CCCCC2)cc1. The van der Waals surface area contributed by atoms with Gasteiger partial charge in [0.25, 0.3) is 0 Å². The van der Waals surface area contributed by atoms with Crippen LogP contribution in [0.1, 0.15) is 41.6 Å². The molecule has 0 aliphatic heterocycles. The Kier molecular flexibility index (Phi) is 5.74. The molecule has 0 aromatic heterocycles. The van der Waals surface area contributed by atoms with E-state index >= 15 is 0 Å².